The third-order valence-corrected chi connectivity index (χ3v) is 7.28. The van der Waals surface area contributed by atoms with Crippen molar-refractivity contribution in [1.29, 1.82) is 0 Å². The van der Waals surface area contributed by atoms with Gasteiger partial charge in [0.1, 0.15) is 11.6 Å². The maximum Gasteiger partial charge on any atom is 0.573 e. The highest BCUT2D eigenvalue weighted by atomic mass is 32.2. The Balaban J connectivity index is 1.41. The molecule has 3 heterocycles. The zero-order valence-corrected chi connectivity index (χ0v) is 19.5. The first kappa shape index (κ1) is 25.2. The van der Waals surface area contributed by atoms with Gasteiger partial charge in [-0.3, -0.25) is 0 Å². The van der Waals surface area contributed by atoms with Crippen molar-refractivity contribution in [3.63, 3.8) is 0 Å². The summed E-state index contributed by atoms with van der Waals surface area (Å²) in [5.74, 6) is -0.224. The number of nitrogens with zero attached hydrogens (tertiary/aromatic N) is 2. The lowest BCUT2D eigenvalue weighted by Gasteiger charge is -2.43. The fourth-order valence-electron chi connectivity index (χ4n) is 4.18. The topological polar surface area (TPSA) is 110 Å². The van der Waals surface area contributed by atoms with Crippen molar-refractivity contribution in [2.45, 2.75) is 29.4 Å². The standard InChI is InChI=1S/C23H19F4N3O6S/c24-13-3-8-19-17(10-13)30(22-20(35-19)2-1-9-28-22)18-12-34-11-16(21(18)31)29-37(32,33)15-6-4-14(5-7-15)36-23(25,26)27/h1-10,16,18,21,29,31H,11-12H2/t16-,18+,21+/m1/s1. The average Bonchev–Trinajstić information content (AvgIpc) is 2.83. The summed E-state index contributed by atoms with van der Waals surface area (Å²) in [5.41, 5.74) is 0.266. The maximum atomic E-state index is 14.2. The van der Waals surface area contributed by atoms with E-state index in [2.05, 4.69) is 14.4 Å². The molecule has 0 radical (unpaired) electrons. The Morgan fingerprint density at radius 1 is 1.08 bits per heavy atom. The molecule has 14 heteroatoms. The van der Waals surface area contributed by atoms with Crippen LogP contribution in [-0.2, 0) is 14.8 Å². The van der Waals surface area contributed by atoms with Crippen molar-refractivity contribution in [2.24, 2.45) is 0 Å². The minimum atomic E-state index is -4.92. The first-order valence-corrected chi connectivity index (χ1v) is 12.4. The number of aromatic nitrogens is 1. The highest BCUT2D eigenvalue weighted by molar-refractivity contribution is 7.89. The zero-order chi connectivity index (χ0) is 26.4. The molecule has 0 bridgehead atoms. The van der Waals surface area contributed by atoms with Gasteiger partial charge in [-0.1, -0.05) is 0 Å². The van der Waals surface area contributed by atoms with Gasteiger partial charge in [-0.05, 0) is 48.5 Å². The van der Waals surface area contributed by atoms with Crippen molar-refractivity contribution in [1.82, 2.24) is 9.71 Å². The molecule has 196 valence electrons. The van der Waals surface area contributed by atoms with E-state index in [0.717, 1.165) is 24.3 Å². The van der Waals surface area contributed by atoms with Gasteiger partial charge in [0.15, 0.2) is 17.3 Å². The highest BCUT2D eigenvalue weighted by Gasteiger charge is 2.42. The van der Waals surface area contributed by atoms with Gasteiger partial charge in [0.25, 0.3) is 0 Å². The van der Waals surface area contributed by atoms with Crippen LogP contribution in [0.1, 0.15) is 0 Å². The van der Waals surface area contributed by atoms with Crippen molar-refractivity contribution in [3.8, 4) is 17.2 Å². The van der Waals surface area contributed by atoms with E-state index in [1.54, 1.807) is 12.1 Å². The molecular formula is C23H19F4N3O6S. The van der Waals surface area contributed by atoms with Crippen LogP contribution in [-0.4, -0.2) is 56.3 Å². The van der Waals surface area contributed by atoms with Crippen LogP contribution < -0.4 is 19.1 Å². The summed E-state index contributed by atoms with van der Waals surface area (Å²) in [5, 5.41) is 11.2. The molecular weight excluding hydrogens is 522 g/mol. The molecule has 2 aliphatic rings. The second-order valence-corrected chi connectivity index (χ2v) is 9.97. The van der Waals surface area contributed by atoms with Gasteiger partial charge >= 0.3 is 6.36 Å². The minimum Gasteiger partial charge on any atom is -0.451 e. The Morgan fingerprint density at radius 2 is 1.84 bits per heavy atom. The van der Waals surface area contributed by atoms with E-state index >= 15 is 0 Å². The summed E-state index contributed by atoms with van der Waals surface area (Å²) >= 11 is 0. The number of pyridine rings is 1. The number of hydrogen-bond acceptors (Lipinski definition) is 8. The monoisotopic (exact) mass is 541 g/mol. The van der Waals surface area contributed by atoms with Crippen molar-refractivity contribution in [3.05, 3.63) is 66.6 Å². The number of nitrogens with one attached hydrogen (secondary N) is 1. The largest absolute Gasteiger partial charge is 0.573 e. The second-order valence-electron chi connectivity index (χ2n) is 8.25. The second kappa shape index (κ2) is 9.45. The van der Waals surface area contributed by atoms with Gasteiger partial charge in [-0.2, -0.15) is 0 Å². The van der Waals surface area contributed by atoms with Crippen LogP contribution in [0.25, 0.3) is 0 Å². The zero-order valence-electron chi connectivity index (χ0n) is 18.7. The van der Waals surface area contributed by atoms with E-state index in [9.17, 15) is 31.1 Å². The molecule has 1 saturated heterocycles. The smallest absolute Gasteiger partial charge is 0.451 e. The summed E-state index contributed by atoms with van der Waals surface area (Å²) in [6.07, 6.45) is -4.80. The van der Waals surface area contributed by atoms with Crippen LogP contribution >= 0.6 is 0 Å². The van der Waals surface area contributed by atoms with Gasteiger partial charge in [-0.15, -0.1) is 13.2 Å². The molecule has 0 saturated carbocycles. The Kier molecular flexibility index (Phi) is 6.43. The van der Waals surface area contributed by atoms with E-state index in [1.807, 2.05) is 0 Å². The van der Waals surface area contributed by atoms with E-state index in [0.29, 0.717) is 11.5 Å². The van der Waals surface area contributed by atoms with Crippen molar-refractivity contribution < 1.29 is 45.3 Å². The molecule has 0 unspecified atom stereocenters. The van der Waals surface area contributed by atoms with Gasteiger partial charge in [0.2, 0.25) is 10.0 Å². The number of rotatable bonds is 5. The van der Waals surface area contributed by atoms with Gasteiger partial charge in [0.05, 0.1) is 42.0 Å². The fourth-order valence-corrected chi connectivity index (χ4v) is 5.41. The van der Waals surface area contributed by atoms with E-state index in [1.165, 1.54) is 29.3 Å². The summed E-state index contributed by atoms with van der Waals surface area (Å²) < 4.78 is 94.7. The predicted octanol–water partition coefficient (Wildman–Crippen LogP) is 3.47. The summed E-state index contributed by atoms with van der Waals surface area (Å²) in [7, 11) is -4.28. The molecule has 1 aromatic heterocycles. The van der Waals surface area contributed by atoms with E-state index < -0.39 is 46.1 Å². The molecule has 2 N–H and O–H groups in total. The van der Waals surface area contributed by atoms with Crippen LogP contribution in [0.4, 0.5) is 29.1 Å². The molecule has 9 nitrogen and oxygen atoms in total. The number of alkyl halides is 3. The number of aliphatic hydroxyl groups is 1. The molecule has 3 atom stereocenters. The van der Waals surface area contributed by atoms with Gasteiger partial charge < -0.3 is 24.2 Å². The lowest BCUT2D eigenvalue weighted by molar-refractivity contribution is -0.274. The minimum absolute atomic E-state index is 0.0468. The molecule has 2 aliphatic heterocycles. The predicted molar refractivity (Wildman–Crippen MR) is 121 cm³/mol. The molecule has 3 aromatic rings. The Hall–Kier alpha value is -3.46. The maximum absolute atomic E-state index is 14.2. The average molecular weight is 541 g/mol. The van der Waals surface area contributed by atoms with Crippen molar-refractivity contribution in [2.75, 3.05) is 18.1 Å². The first-order valence-electron chi connectivity index (χ1n) is 10.9. The quantitative estimate of drug-likeness (QED) is 0.473. The Bertz CT molecular complexity index is 1400. The Morgan fingerprint density at radius 3 is 2.57 bits per heavy atom. The molecule has 2 aromatic carbocycles. The van der Waals surface area contributed by atoms with Crippen LogP contribution in [0.2, 0.25) is 0 Å². The van der Waals surface area contributed by atoms with Crippen LogP contribution in [0.3, 0.4) is 0 Å². The molecule has 0 aliphatic carbocycles. The summed E-state index contributed by atoms with van der Waals surface area (Å²) in [4.78, 5) is 5.49. The number of hydrogen-bond donors (Lipinski definition) is 2. The van der Waals surface area contributed by atoms with Gasteiger partial charge in [-0.25, -0.2) is 22.5 Å². The number of fused-ring (bicyclic) bond motifs is 2. The number of ether oxygens (including phenoxy) is 3. The number of halogens is 4. The number of sulfonamides is 1. The van der Waals surface area contributed by atoms with E-state index in [-0.39, 0.29) is 29.6 Å². The van der Waals surface area contributed by atoms with Crippen LogP contribution in [0.15, 0.2) is 65.7 Å². The Labute approximate surface area is 208 Å². The van der Waals surface area contributed by atoms with E-state index in [4.69, 9.17) is 9.47 Å². The normalized spacial score (nSPS) is 21.5. The van der Waals surface area contributed by atoms with Gasteiger partial charge in [0, 0.05) is 12.3 Å². The van der Waals surface area contributed by atoms with Crippen molar-refractivity contribution >= 4 is 21.5 Å². The first-order chi connectivity index (χ1) is 17.5. The number of anilines is 2. The summed E-state index contributed by atoms with van der Waals surface area (Å²) in [6.45, 7) is -0.240. The van der Waals surface area contributed by atoms with Crippen LogP contribution in [0.5, 0.6) is 17.2 Å². The third-order valence-electron chi connectivity index (χ3n) is 5.78. The molecule has 0 spiro atoms. The molecule has 1 fully saturated rings. The number of benzene rings is 2. The third kappa shape index (κ3) is 5.18. The lowest BCUT2D eigenvalue weighted by Crippen LogP contribution is -2.60. The number of aliphatic hydroxyl groups excluding tert-OH is 1. The molecule has 0 amide bonds. The molecule has 5 rings (SSSR count). The SMILES string of the molecule is O=S(=O)(N[C@@H]1COC[C@H](N2c3cc(F)ccc3Oc3cccnc32)[C@H]1O)c1ccc(OC(F)(F)F)cc1. The molecule has 37 heavy (non-hydrogen) atoms. The fraction of sp³-hybridized carbons (Fsp3) is 0.261. The highest BCUT2D eigenvalue weighted by Crippen LogP contribution is 2.47. The lowest BCUT2D eigenvalue weighted by atomic mass is 9.99. The summed E-state index contributed by atoms with van der Waals surface area (Å²) in [6, 6.07) is 8.69. The van der Waals surface area contributed by atoms with Crippen LogP contribution in [0, 0.1) is 5.82 Å².